The summed E-state index contributed by atoms with van der Waals surface area (Å²) < 4.78 is 15.9. The molecule has 0 aliphatic carbocycles. The fourth-order valence-electron chi connectivity index (χ4n) is 3.95. The van der Waals surface area contributed by atoms with E-state index in [0.29, 0.717) is 38.6 Å². The van der Waals surface area contributed by atoms with E-state index >= 15 is 0 Å². The number of aryl methyl sites for hydroxylation is 3. The lowest BCUT2D eigenvalue weighted by Crippen LogP contribution is -2.38. The van der Waals surface area contributed by atoms with Gasteiger partial charge in [0, 0.05) is 49.9 Å². The summed E-state index contributed by atoms with van der Waals surface area (Å²) in [5, 5.41) is 3.97. The van der Waals surface area contributed by atoms with Gasteiger partial charge in [0.25, 0.3) is 0 Å². The standard InChI is InChI=1S/C22H32N4O4/c1-15-20(16(2)30-25-15)5-6-21(27)26-9-7-18(8-10-26)22-19(13-23-17(3)24-22)14-29-12-11-28-4/h13,18H,5-12,14H2,1-4H3. The predicted octanol–water partition coefficient (Wildman–Crippen LogP) is 2.89. The van der Waals surface area contributed by atoms with Crippen LogP contribution in [-0.4, -0.2) is 59.3 Å². The summed E-state index contributed by atoms with van der Waals surface area (Å²) in [7, 11) is 1.66. The number of aromatic nitrogens is 3. The van der Waals surface area contributed by atoms with E-state index in [0.717, 1.165) is 60.0 Å². The van der Waals surface area contributed by atoms with Gasteiger partial charge in [0.1, 0.15) is 11.6 Å². The van der Waals surface area contributed by atoms with Gasteiger partial charge in [-0.3, -0.25) is 4.79 Å². The summed E-state index contributed by atoms with van der Waals surface area (Å²) in [6, 6.07) is 0. The molecule has 3 heterocycles. The number of rotatable bonds is 9. The van der Waals surface area contributed by atoms with Crippen molar-refractivity contribution >= 4 is 5.91 Å². The number of hydrogen-bond donors (Lipinski definition) is 0. The topological polar surface area (TPSA) is 90.6 Å². The van der Waals surface area contributed by atoms with Crippen LogP contribution in [0.4, 0.5) is 0 Å². The van der Waals surface area contributed by atoms with Crippen molar-refractivity contribution in [1.29, 1.82) is 0 Å². The number of carbonyl (C=O) groups excluding carboxylic acids is 1. The highest BCUT2D eigenvalue weighted by Crippen LogP contribution is 2.30. The van der Waals surface area contributed by atoms with E-state index in [-0.39, 0.29) is 5.91 Å². The molecule has 30 heavy (non-hydrogen) atoms. The smallest absolute Gasteiger partial charge is 0.222 e. The maximum absolute atomic E-state index is 12.7. The van der Waals surface area contributed by atoms with Crippen molar-refractivity contribution in [3.05, 3.63) is 40.3 Å². The molecule has 0 N–H and O–H groups in total. The fraction of sp³-hybridized carbons (Fsp3) is 0.636. The summed E-state index contributed by atoms with van der Waals surface area (Å²) >= 11 is 0. The monoisotopic (exact) mass is 416 g/mol. The summed E-state index contributed by atoms with van der Waals surface area (Å²) in [5.74, 6) is 2.08. The highest BCUT2D eigenvalue weighted by molar-refractivity contribution is 5.76. The van der Waals surface area contributed by atoms with Crippen LogP contribution < -0.4 is 0 Å². The van der Waals surface area contributed by atoms with E-state index in [1.54, 1.807) is 7.11 Å². The summed E-state index contributed by atoms with van der Waals surface area (Å²) in [5.41, 5.74) is 4.01. The first-order valence-electron chi connectivity index (χ1n) is 10.6. The Morgan fingerprint density at radius 1 is 1.23 bits per heavy atom. The SMILES string of the molecule is COCCOCc1cnc(C)nc1C1CCN(C(=O)CCc2c(C)noc2C)CC1. The Morgan fingerprint density at radius 2 is 2.00 bits per heavy atom. The fourth-order valence-corrected chi connectivity index (χ4v) is 3.95. The lowest BCUT2D eigenvalue weighted by Gasteiger charge is -2.32. The average Bonchev–Trinajstić information content (AvgIpc) is 3.07. The van der Waals surface area contributed by atoms with Crippen LogP contribution >= 0.6 is 0 Å². The molecule has 0 unspecified atom stereocenters. The Morgan fingerprint density at radius 3 is 2.67 bits per heavy atom. The highest BCUT2D eigenvalue weighted by atomic mass is 16.5. The van der Waals surface area contributed by atoms with Gasteiger partial charge < -0.3 is 18.9 Å². The van der Waals surface area contributed by atoms with Gasteiger partial charge in [-0.25, -0.2) is 9.97 Å². The maximum atomic E-state index is 12.7. The Balaban J connectivity index is 1.54. The number of amides is 1. The van der Waals surface area contributed by atoms with Crippen molar-refractivity contribution in [2.75, 3.05) is 33.4 Å². The molecule has 8 nitrogen and oxygen atoms in total. The van der Waals surface area contributed by atoms with Gasteiger partial charge in [0.2, 0.25) is 5.91 Å². The van der Waals surface area contributed by atoms with Gasteiger partial charge in [-0.1, -0.05) is 5.16 Å². The second-order valence-electron chi connectivity index (χ2n) is 7.83. The molecule has 0 saturated carbocycles. The first-order valence-corrected chi connectivity index (χ1v) is 10.6. The molecule has 1 aliphatic heterocycles. The third-order valence-corrected chi connectivity index (χ3v) is 5.71. The zero-order chi connectivity index (χ0) is 21.5. The van der Waals surface area contributed by atoms with Crippen molar-refractivity contribution in [1.82, 2.24) is 20.0 Å². The Labute approximate surface area is 178 Å². The van der Waals surface area contributed by atoms with Crippen LogP contribution in [0.5, 0.6) is 0 Å². The van der Waals surface area contributed by atoms with E-state index in [2.05, 4.69) is 10.1 Å². The second-order valence-corrected chi connectivity index (χ2v) is 7.83. The molecule has 0 atom stereocenters. The lowest BCUT2D eigenvalue weighted by molar-refractivity contribution is -0.132. The summed E-state index contributed by atoms with van der Waals surface area (Å²) in [4.78, 5) is 23.7. The van der Waals surface area contributed by atoms with E-state index in [9.17, 15) is 4.79 Å². The van der Waals surface area contributed by atoms with Crippen LogP contribution in [0.1, 0.15) is 59.3 Å². The quantitative estimate of drug-likeness (QED) is 0.581. The van der Waals surface area contributed by atoms with Gasteiger partial charge in [-0.05, 0) is 40.0 Å². The van der Waals surface area contributed by atoms with Gasteiger partial charge in [0.05, 0.1) is 31.2 Å². The van der Waals surface area contributed by atoms with Gasteiger partial charge in [-0.15, -0.1) is 0 Å². The lowest BCUT2D eigenvalue weighted by atomic mass is 9.90. The molecule has 3 rings (SSSR count). The molecule has 1 aliphatic rings. The van der Waals surface area contributed by atoms with Gasteiger partial charge in [-0.2, -0.15) is 0 Å². The zero-order valence-electron chi connectivity index (χ0n) is 18.4. The van der Waals surface area contributed by atoms with E-state index in [1.165, 1.54) is 0 Å². The number of hydrogen-bond acceptors (Lipinski definition) is 7. The minimum absolute atomic E-state index is 0.190. The van der Waals surface area contributed by atoms with Crippen molar-refractivity contribution < 1.29 is 18.8 Å². The zero-order valence-corrected chi connectivity index (χ0v) is 18.4. The molecule has 1 saturated heterocycles. The average molecular weight is 417 g/mol. The minimum Gasteiger partial charge on any atom is -0.382 e. The number of nitrogens with zero attached hydrogens (tertiary/aromatic N) is 4. The third-order valence-electron chi connectivity index (χ3n) is 5.71. The Bertz CT molecular complexity index is 824. The highest BCUT2D eigenvalue weighted by Gasteiger charge is 2.26. The molecule has 8 heteroatoms. The normalized spacial score (nSPS) is 15.0. The molecule has 0 spiro atoms. The van der Waals surface area contributed by atoms with E-state index in [4.69, 9.17) is 19.0 Å². The Hall–Kier alpha value is -2.32. The number of likely N-dealkylation sites (tertiary alicyclic amines) is 1. The third kappa shape index (κ3) is 5.64. The van der Waals surface area contributed by atoms with Crippen molar-refractivity contribution in [3.8, 4) is 0 Å². The number of carbonyl (C=O) groups is 1. The largest absolute Gasteiger partial charge is 0.382 e. The molecular formula is C22H32N4O4. The molecule has 2 aromatic rings. The van der Waals surface area contributed by atoms with Crippen LogP contribution in [0.2, 0.25) is 0 Å². The first kappa shape index (κ1) is 22.4. The van der Waals surface area contributed by atoms with Crippen LogP contribution in [-0.2, 0) is 27.3 Å². The van der Waals surface area contributed by atoms with Gasteiger partial charge in [0.15, 0.2) is 0 Å². The molecule has 164 valence electrons. The predicted molar refractivity (Wildman–Crippen MR) is 111 cm³/mol. The van der Waals surface area contributed by atoms with Crippen LogP contribution in [0.15, 0.2) is 10.7 Å². The minimum atomic E-state index is 0.190. The van der Waals surface area contributed by atoms with Crippen LogP contribution in [0, 0.1) is 20.8 Å². The van der Waals surface area contributed by atoms with Crippen molar-refractivity contribution in [3.63, 3.8) is 0 Å². The molecule has 1 amide bonds. The molecule has 0 bridgehead atoms. The molecule has 1 fully saturated rings. The summed E-state index contributed by atoms with van der Waals surface area (Å²) in [6.07, 6.45) is 4.83. The second kappa shape index (κ2) is 10.6. The van der Waals surface area contributed by atoms with Crippen molar-refractivity contribution in [2.24, 2.45) is 0 Å². The molecule has 0 radical (unpaired) electrons. The number of methoxy groups -OCH3 is 1. The first-order chi connectivity index (χ1) is 14.5. The molecule has 2 aromatic heterocycles. The molecule has 0 aromatic carbocycles. The molecular weight excluding hydrogens is 384 g/mol. The summed E-state index contributed by atoms with van der Waals surface area (Å²) in [6.45, 7) is 8.81. The van der Waals surface area contributed by atoms with Crippen LogP contribution in [0.25, 0.3) is 0 Å². The number of piperidine rings is 1. The van der Waals surface area contributed by atoms with Gasteiger partial charge >= 0.3 is 0 Å². The van der Waals surface area contributed by atoms with Crippen LogP contribution in [0.3, 0.4) is 0 Å². The number of ether oxygens (including phenoxy) is 2. The van der Waals surface area contributed by atoms with E-state index < -0.39 is 0 Å². The van der Waals surface area contributed by atoms with Crippen molar-refractivity contribution in [2.45, 2.75) is 59.0 Å². The van der Waals surface area contributed by atoms with E-state index in [1.807, 2.05) is 31.9 Å². The maximum Gasteiger partial charge on any atom is 0.222 e. The Kier molecular flexibility index (Phi) is 7.93.